The van der Waals surface area contributed by atoms with Crippen molar-refractivity contribution in [2.75, 3.05) is 19.0 Å². The van der Waals surface area contributed by atoms with Crippen LogP contribution in [0.2, 0.25) is 0 Å². The van der Waals surface area contributed by atoms with E-state index < -0.39 is 0 Å². The molecule has 0 radical (unpaired) electrons. The first-order valence-corrected chi connectivity index (χ1v) is 8.35. The molecule has 0 unspecified atom stereocenters. The van der Waals surface area contributed by atoms with E-state index in [-0.39, 0.29) is 5.91 Å². The number of aromatic nitrogens is 3. The fourth-order valence-corrected chi connectivity index (χ4v) is 2.98. The summed E-state index contributed by atoms with van der Waals surface area (Å²) < 4.78 is 12.7. The number of amides is 1. The van der Waals surface area contributed by atoms with Crippen LogP contribution in [0.3, 0.4) is 0 Å². The summed E-state index contributed by atoms with van der Waals surface area (Å²) in [5, 5.41) is 10.5. The largest absolute Gasteiger partial charge is 0.495 e. The summed E-state index contributed by atoms with van der Waals surface area (Å²) >= 11 is 0. The Hall–Kier alpha value is -3.35. The summed E-state index contributed by atoms with van der Waals surface area (Å²) in [6, 6.07) is 11.0. The fraction of sp³-hybridized carbons (Fsp3) is 0.211. The Labute approximate surface area is 150 Å². The van der Waals surface area contributed by atoms with E-state index in [4.69, 9.17) is 9.47 Å². The lowest BCUT2D eigenvalue weighted by Crippen LogP contribution is -2.15. The standard InChI is InChI=1S/C19H18N4O3/c1-25-18-7-5-15(23-11-20-21-12-23)10-16(18)22-19(24)14-4-6-17-13(9-14)3-2-8-26-17/h4-7,9-12H,2-3,8H2,1H3,(H,22,24). The summed E-state index contributed by atoms with van der Waals surface area (Å²) in [5.41, 5.74) is 3.06. The predicted octanol–water partition coefficient (Wildman–Crippen LogP) is 2.85. The SMILES string of the molecule is COc1ccc(-n2cnnc2)cc1NC(=O)c1ccc2c(c1)CCCO2. The second kappa shape index (κ2) is 6.87. The minimum atomic E-state index is -0.197. The third kappa shape index (κ3) is 3.11. The molecule has 0 fully saturated rings. The van der Waals surface area contributed by atoms with Crippen molar-refractivity contribution in [3.05, 3.63) is 60.2 Å². The Bertz CT molecular complexity index is 938. The molecule has 7 nitrogen and oxygen atoms in total. The van der Waals surface area contributed by atoms with Crippen LogP contribution in [-0.2, 0) is 6.42 Å². The zero-order valence-electron chi connectivity index (χ0n) is 14.3. The summed E-state index contributed by atoms with van der Waals surface area (Å²) in [5.74, 6) is 1.24. The fourth-order valence-electron chi connectivity index (χ4n) is 2.98. The van der Waals surface area contributed by atoms with Crippen LogP contribution in [0.5, 0.6) is 11.5 Å². The Morgan fingerprint density at radius 1 is 1.19 bits per heavy atom. The van der Waals surface area contributed by atoms with Gasteiger partial charge >= 0.3 is 0 Å². The van der Waals surface area contributed by atoms with E-state index in [2.05, 4.69) is 15.5 Å². The highest BCUT2D eigenvalue weighted by Gasteiger charge is 2.15. The lowest BCUT2D eigenvalue weighted by molar-refractivity contribution is 0.102. The van der Waals surface area contributed by atoms with Gasteiger partial charge in [-0.25, -0.2) is 0 Å². The van der Waals surface area contributed by atoms with Crippen molar-refractivity contribution in [2.24, 2.45) is 0 Å². The van der Waals surface area contributed by atoms with Crippen LogP contribution in [0, 0.1) is 0 Å². The zero-order chi connectivity index (χ0) is 17.9. The number of carbonyl (C=O) groups excluding carboxylic acids is 1. The Balaban J connectivity index is 1.61. The van der Waals surface area contributed by atoms with E-state index in [0.29, 0.717) is 17.0 Å². The van der Waals surface area contributed by atoms with Crippen molar-refractivity contribution in [3.8, 4) is 17.2 Å². The highest BCUT2D eigenvalue weighted by Crippen LogP contribution is 2.29. The average Bonchev–Trinajstić information content (AvgIpc) is 3.22. The number of anilines is 1. The van der Waals surface area contributed by atoms with Crippen LogP contribution >= 0.6 is 0 Å². The molecule has 0 saturated carbocycles. The lowest BCUT2D eigenvalue weighted by atomic mass is 10.0. The number of hydrogen-bond acceptors (Lipinski definition) is 5. The molecular weight excluding hydrogens is 332 g/mol. The second-order valence-corrected chi connectivity index (χ2v) is 5.98. The van der Waals surface area contributed by atoms with Gasteiger partial charge < -0.3 is 14.8 Å². The molecule has 2 heterocycles. The molecule has 0 atom stereocenters. The molecule has 1 aromatic heterocycles. The van der Waals surface area contributed by atoms with Gasteiger partial charge in [-0.15, -0.1) is 10.2 Å². The molecule has 1 N–H and O–H groups in total. The minimum absolute atomic E-state index is 0.197. The van der Waals surface area contributed by atoms with Gasteiger partial charge in [0.05, 0.1) is 25.1 Å². The number of benzene rings is 2. The number of ether oxygens (including phenoxy) is 2. The Kier molecular flexibility index (Phi) is 4.27. The van der Waals surface area contributed by atoms with Gasteiger partial charge in [0.2, 0.25) is 0 Å². The molecule has 3 aromatic rings. The Morgan fingerprint density at radius 2 is 2.04 bits per heavy atom. The number of fused-ring (bicyclic) bond motifs is 1. The van der Waals surface area contributed by atoms with Crippen LogP contribution in [-0.4, -0.2) is 34.4 Å². The van der Waals surface area contributed by atoms with E-state index in [1.165, 1.54) is 0 Å². The van der Waals surface area contributed by atoms with Crippen molar-refractivity contribution < 1.29 is 14.3 Å². The van der Waals surface area contributed by atoms with Gasteiger partial charge in [0.25, 0.3) is 5.91 Å². The van der Waals surface area contributed by atoms with Crippen LogP contribution in [0.15, 0.2) is 49.1 Å². The summed E-state index contributed by atoms with van der Waals surface area (Å²) in [6.45, 7) is 0.728. The highest BCUT2D eigenvalue weighted by molar-refractivity contribution is 6.05. The van der Waals surface area contributed by atoms with Gasteiger partial charge in [-0.2, -0.15) is 0 Å². The van der Waals surface area contributed by atoms with Crippen LogP contribution in [0.1, 0.15) is 22.3 Å². The molecule has 7 heteroatoms. The van der Waals surface area contributed by atoms with Crippen molar-refractivity contribution in [2.45, 2.75) is 12.8 Å². The van der Waals surface area contributed by atoms with Crippen molar-refractivity contribution >= 4 is 11.6 Å². The maximum absolute atomic E-state index is 12.7. The smallest absolute Gasteiger partial charge is 0.255 e. The van der Waals surface area contributed by atoms with Gasteiger partial charge in [-0.3, -0.25) is 9.36 Å². The number of rotatable bonds is 4. The van der Waals surface area contributed by atoms with Gasteiger partial charge in [0.15, 0.2) is 0 Å². The molecule has 0 aliphatic carbocycles. The molecule has 1 aliphatic heterocycles. The molecule has 26 heavy (non-hydrogen) atoms. The molecule has 0 spiro atoms. The van der Waals surface area contributed by atoms with Gasteiger partial charge in [0, 0.05) is 5.56 Å². The van der Waals surface area contributed by atoms with Crippen LogP contribution in [0.4, 0.5) is 5.69 Å². The van der Waals surface area contributed by atoms with Crippen LogP contribution < -0.4 is 14.8 Å². The molecule has 1 aliphatic rings. The summed E-state index contributed by atoms with van der Waals surface area (Å²) in [6.07, 6.45) is 5.07. The highest BCUT2D eigenvalue weighted by atomic mass is 16.5. The normalized spacial score (nSPS) is 12.8. The number of hydrogen-bond donors (Lipinski definition) is 1. The molecule has 0 bridgehead atoms. The Morgan fingerprint density at radius 3 is 2.85 bits per heavy atom. The zero-order valence-corrected chi connectivity index (χ0v) is 14.3. The predicted molar refractivity (Wildman–Crippen MR) is 96.1 cm³/mol. The van der Waals surface area contributed by atoms with Crippen molar-refractivity contribution in [1.29, 1.82) is 0 Å². The van der Waals surface area contributed by atoms with Gasteiger partial charge in [-0.05, 0) is 54.8 Å². The molecule has 4 rings (SSSR count). The molecule has 132 valence electrons. The third-order valence-electron chi connectivity index (χ3n) is 4.32. The second-order valence-electron chi connectivity index (χ2n) is 5.98. The van der Waals surface area contributed by atoms with Gasteiger partial charge in [0.1, 0.15) is 24.2 Å². The summed E-state index contributed by atoms with van der Waals surface area (Å²) in [4.78, 5) is 12.7. The number of carbonyl (C=O) groups is 1. The number of nitrogens with zero attached hydrogens (tertiary/aromatic N) is 3. The number of nitrogens with one attached hydrogen (secondary N) is 1. The molecular formula is C19H18N4O3. The van der Waals surface area contributed by atoms with E-state index in [1.54, 1.807) is 36.5 Å². The molecule has 1 amide bonds. The first kappa shape index (κ1) is 16.1. The number of aryl methyl sites for hydroxylation is 1. The molecule has 0 saturated heterocycles. The monoisotopic (exact) mass is 350 g/mol. The topological polar surface area (TPSA) is 78.3 Å². The first-order chi connectivity index (χ1) is 12.7. The van der Waals surface area contributed by atoms with E-state index >= 15 is 0 Å². The van der Waals surface area contributed by atoms with Crippen molar-refractivity contribution in [1.82, 2.24) is 14.8 Å². The first-order valence-electron chi connectivity index (χ1n) is 8.35. The average molecular weight is 350 g/mol. The quantitative estimate of drug-likeness (QED) is 0.783. The maximum atomic E-state index is 12.7. The summed E-state index contributed by atoms with van der Waals surface area (Å²) in [7, 11) is 1.57. The van der Waals surface area contributed by atoms with Crippen molar-refractivity contribution in [3.63, 3.8) is 0 Å². The number of methoxy groups -OCH3 is 1. The van der Waals surface area contributed by atoms with E-state index in [0.717, 1.165) is 36.4 Å². The van der Waals surface area contributed by atoms with Crippen LogP contribution in [0.25, 0.3) is 5.69 Å². The third-order valence-corrected chi connectivity index (χ3v) is 4.32. The maximum Gasteiger partial charge on any atom is 0.255 e. The lowest BCUT2D eigenvalue weighted by Gasteiger charge is -2.18. The van der Waals surface area contributed by atoms with E-state index in [9.17, 15) is 4.79 Å². The molecule has 2 aromatic carbocycles. The van der Waals surface area contributed by atoms with E-state index in [1.807, 2.05) is 24.3 Å². The minimum Gasteiger partial charge on any atom is -0.495 e. The van der Waals surface area contributed by atoms with Gasteiger partial charge in [-0.1, -0.05) is 0 Å².